The van der Waals surface area contributed by atoms with E-state index in [4.69, 9.17) is 17.5 Å². The summed E-state index contributed by atoms with van der Waals surface area (Å²) in [7, 11) is -3.58. The third-order valence-corrected chi connectivity index (χ3v) is 8.33. The fourth-order valence-electron chi connectivity index (χ4n) is 3.36. The zero-order valence-corrected chi connectivity index (χ0v) is 19.9. The van der Waals surface area contributed by atoms with Crippen molar-refractivity contribution in [2.45, 2.75) is 18.5 Å². The van der Waals surface area contributed by atoms with Gasteiger partial charge in [-0.05, 0) is 55.5 Å². The van der Waals surface area contributed by atoms with Gasteiger partial charge in [0.1, 0.15) is 0 Å². The van der Waals surface area contributed by atoms with Gasteiger partial charge in [0.15, 0.2) is 3.95 Å². The molecule has 1 aromatic heterocycles. The third kappa shape index (κ3) is 5.06. The van der Waals surface area contributed by atoms with E-state index in [1.54, 1.807) is 4.68 Å². The number of nitrogens with one attached hydrogen (secondary N) is 1. The molecule has 1 N–H and O–H groups in total. The van der Waals surface area contributed by atoms with E-state index < -0.39 is 10.0 Å². The summed E-state index contributed by atoms with van der Waals surface area (Å²) >= 11 is 6.87. The fraction of sp³-hybridized carbons (Fsp3) is 0.286. The highest BCUT2D eigenvalue weighted by Crippen LogP contribution is 2.22. The molecule has 1 fully saturated rings. The van der Waals surface area contributed by atoms with Crippen molar-refractivity contribution in [1.29, 1.82) is 5.26 Å². The number of rotatable bonds is 6. The van der Waals surface area contributed by atoms with Crippen LogP contribution in [-0.2, 0) is 16.7 Å². The van der Waals surface area contributed by atoms with E-state index in [0.29, 0.717) is 42.4 Å². The Hall–Kier alpha value is -2.62. The molecule has 0 aliphatic carbocycles. The van der Waals surface area contributed by atoms with Crippen LogP contribution in [0.2, 0.25) is 0 Å². The predicted octanol–water partition coefficient (Wildman–Crippen LogP) is 3.56. The molecule has 0 atom stereocenters. The summed E-state index contributed by atoms with van der Waals surface area (Å²) in [5.41, 5.74) is 2.58. The van der Waals surface area contributed by atoms with Crippen LogP contribution in [0.15, 0.2) is 53.4 Å². The average molecular weight is 487 g/mol. The van der Waals surface area contributed by atoms with Crippen molar-refractivity contribution >= 4 is 44.4 Å². The van der Waals surface area contributed by atoms with Gasteiger partial charge in [0.25, 0.3) is 0 Å². The van der Waals surface area contributed by atoms with Gasteiger partial charge in [-0.15, -0.1) is 5.10 Å². The van der Waals surface area contributed by atoms with Crippen LogP contribution >= 0.6 is 23.6 Å². The summed E-state index contributed by atoms with van der Waals surface area (Å²) in [5.74, 6) is 0. The van der Waals surface area contributed by atoms with E-state index >= 15 is 0 Å². The van der Waals surface area contributed by atoms with Crippen molar-refractivity contribution < 1.29 is 8.42 Å². The van der Waals surface area contributed by atoms with Gasteiger partial charge in [0.2, 0.25) is 15.2 Å². The van der Waals surface area contributed by atoms with Crippen LogP contribution in [0.25, 0.3) is 0 Å². The highest BCUT2D eigenvalue weighted by Gasteiger charge is 2.28. The molecule has 166 valence electrons. The second-order valence-electron chi connectivity index (χ2n) is 7.46. The Bertz CT molecular complexity index is 1280. The molecule has 8 nitrogen and oxygen atoms in total. The van der Waals surface area contributed by atoms with Crippen molar-refractivity contribution in [2.24, 2.45) is 0 Å². The Morgan fingerprint density at radius 3 is 2.38 bits per heavy atom. The van der Waals surface area contributed by atoms with E-state index in [9.17, 15) is 8.42 Å². The van der Waals surface area contributed by atoms with Crippen LogP contribution < -0.4 is 5.32 Å². The molecule has 0 amide bonds. The summed E-state index contributed by atoms with van der Waals surface area (Å²) in [6.45, 7) is 4.47. The van der Waals surface area contributed by atoms with Crippen molar-refractivity contribution in [3.05, 3.63) is 63.6 Å². The molecule has 0 unspecified atom stereocenters. The number of nitriles is 1. The molecule has 0 radical (unpaired) electrons. The maximum Gasteiger partial charge on any atom is 0.243 e. The Kier molecular flexibility index (Phi) is 6.68. The summed E-state index contributed by atoms with van der Waals surface area (Å²) in [4.78, 5) is 2.34. The van der Waals surface area contributed by atoms with Crippen molar-refractivity contribution in [3.8, 4) is 6.07 Å². The number of anilines is 2. The Labute approximate surface area is 196 Å². The monoisotopic (exact) mass is 486 g/mol. The minimum absolute atomic E-state index is 0.207. The second kappa shape index (κ2) is 9.48. The summed E-state index contributed by atoms with van der Waals surface area (Å²) in [6, 6.07) is 16.1. The molecular weight excluding hydrogens is 464 g/mol. The smallest absolute Gasteiger partial charge is 0.243 e. The van der Waals surface area contributed by atoms with Crippen LogP contribution in [0.5, 0.6) is 0 Å². The summed E-state index contributed by atoms with van der Waals surface area (Å²) < 4.78 is 29.7. The van der Waals surface area contributed by atoms with Crippen molar-refractivity contribution in [1.82, 2.24) is 19.0 Å². The lowest BCUT2D eigenvalue weighted by molar-refractivity contribution is 0.145. The quantitative estimate of drug-likeness (QED) is 0.533. The molecule has 0 saturated carbocycles. The van der Waals surface area contributed by atoms with Crippen LogP contribution in [-0.4, -0.2) is 53.6 Å². The first-order valence-corrected chi connectivity index (χ1v) is 12.7. The Balaban J connectivity index is 1.36. The van der Waals surface area contributed by atoms with Gasteiger partial charge in [-0.25, -0.2) is 13.1 Å². The molecule has 1 aliphatic heterocycles. The number of sulfonamides is 1. The normalized spacial score (nSPS) is 15.4. The van der Waals surface area contributed by atoms with Crippen LogP contribution in [0.1, 0.15) is 11.1 Å². The highest BCUT2D eigenvalue weighted by molar-refractivity contribution is 7.89. The number of aryl methyl sites for hydroxylation is 1. The third-order valence-electron chi connectivity index (χ3n) is 5.20. The zero-order chi connectivity index (χ0) is 22.7. The number of hydrogen-bond donors (Lipinski definition) is 1. The van der Waals surface area contributed by atoms with Gasteiger partial charge >= 0.3 is 0 Å². The lowest BCUT2D eigenvalue weighted by Crippen LogP contribution is -2.48. The van der Waals surface area contributed by atoms with E-state index in [1.165, 1.54) is 45.5 Å². The van der Waals surface area contributed by atoms with Crippen molar-refractivity contribution in [2.75, 3.05) is 31.5 Å². The fourth-order valence-corrected chi connectivity index (χ4v) is 5.79. The first-order valence-electron chi connectivity index (χ1n) is 9.99. The predicted molar refractivity (Wildman–Crippen MR) is 127 cm³/mol. The molecular formula is C21H22N6O2S3. The molecule has 11 heteroatoms. The standard InChI is InChI=1S/C21H22N6O2S3/c1-16-2-6-18(7-3-16)23-20-24-27(21(30)31-20)15-25-10-12-26(13-11-25)32(28,29)19-8-4-17(14-22)5-9-19/h2-9H,10-13,15H2,1H3,(H,23,24). The topological polar surface area (TPSA) is 94.3 Å². The second-order valence-corrected chi connectivity index (χ2v) is 11.0. The number of nitrogens with zero attached hydrogens (tertiary/aromatic N) is 5. The van der Waals surface area contributed by atoms with Crippen LogP contribution in [0, 0.1) is 22.2 Å². The van der Waals surface area contributed by atoms with Crippen LogP contribution in [0.4, 0.5) is 10.8 Å². The Morgan fingerprint density at radius 1 is 1.09 bits per heavy atom. The minimum atomic E-state index is -3.58. The van der Waals surface area contributed by atoms with Gasteiger partial charge < -0.3 is 5.32 Å². The summed E-state index contributed by atoms with van der Waals surface area (Å²) in [6.07, 6.45) is 0. The largest absolute Gasteiger partial charge is 0.330 e. The zero-order valence-electron chi connectivity index (χ0n) is 17.4. The van der Waals surface area contributed by atoms with Crippen LogP contribution in [0.3, 0.4) is 0 Å². The van der Waals surface area contributed by atoms with E-state index in [0.717, 1.165) is 10.8 Å². The SMILES string of the molecule is Cc1ccc(Nc2nn(CN3CCN(S(=O)(=O)c4ccc(C#N)cc4)CC3)c(=S)s2)cc1. The lowest BCUT2D eigenvalue weighted by Gasteiger charge is -2.33. The number of benzene rings is 2. The highest BCUT2D eigenvalue weighted by atomic mass is 32.2. The molecule has 1 aliphatic rings. The molecule has 4 rings (SSSR count). The van der Waals surface area contributed by atoms with Gasteiger partial charge in [0, 0.05) is 31.9 Å². The first kappa shape index (κ1) is 22.6. The first-order chi connectivity index (χ1) is 15.3. The molecule has 0 spiro atoms. The van der Waals surface area contributed by atoms with Crippen molar-refractivity contribution in [3.63, 3.8) is 0 Å². The van der Waals surface area contributed by atoms with Gasteiger partial charge in [-0.3, -0.25) is 4.90 Å². The maximum atomic E-state index is 12.9. The lowest BCUT2D eigenvalue weighted by atomic mass is 10.2. The molecule has 2 aromatic carbocycles. The molecule has 1 saturated heterocycles. The Morgan fingerprint density at radius 2 is 1.75 bits per heavy atom. The number of hydrogen-bond acceptors (Lipinski definition) is 8. The summed E-state index contributed by atoms with van der Waals surface area (Å²) in [5, 5.41) is 17.5. The van der Waals surface area contributed by atoms with Gasteiger partial charge in [0.05, 0.1) is 23.2 Å². The minimum Gasteiger partial charge on any atom is -0.330 e. The van der Waals surface area contributed by atoms with E-state index in [1.807, 2.05) is 37.3 Å². The molecule has 32 heavy (non-hydrogen) atoms. The molecule has 3 aromatic rings. The van der Waals surface area contributed by atoms with E-state index in [2.05, 4.69) is 15.3 Å². The number of aromatic nitrogens is 2. The molecule has 0 bridgehead atoms. The van der Waals surface area contributed by atoms with Gasteiger partial charge in [-0.1, -0.05) is 29.0 Å². The molecule has 2 heterocycles. The maximum absolute atomic E-state index is 12.9. The van der Waals surface area contributed by atoms with E-state index in [-0.39, 0.29) is 4.90 Å². The average Bonchev–Trinajstić information content (AvgIpc) is 3.14. The number of piperazine rings is 1. The van der Waals surface area contributed by atoms with Gasteiger partial charge in [-0.2, -0.15) is 9.57 Å².